The van der Waals surface area contributed by atoms with Crippen LogP contribution in [0.4, 0.5) is 5.69 Å². The van der Waals surface area contributed by atoms with Gasteiger partial charge in [-0.25, -0.2) is 4.98 Å². The average Bonchev–Trinajstić information content (AvgIpc) is 2.83. The molecule has 2 aromatic rings. The smallest absolute Gasteiger partial charge is 0.256 e. The number of nitrogen functional groups attached to an aromatic ring is 1. The summed E-state index contributed by atoms with van der Waals surface area (Å²) in [5.41, 5.74) is 6.76. The zero-order chi connectivity index (χ0) is 14.7. The van der Waals surface area contributed by atoms with Gasteiger partial charge < -0.3 is 19.9 Å². The molecule has 0 spiro atoms. The SMILES string of the molecule is COc1ccc(C(=O)N(C)Cc2nccn2C)c(N)c1. The Morgan fingerprint density at radius 2 is 2.25 bits per heavy atom. The molecule has 0 radical (unpaired) electrons. The molecule has 2 N–H and O–H groups in total. The highest BCUT2D eigenvalue weighted by Gasteiger charge is 2.16. The van der Waals surface area contributed by atoms with Crippen molar-refractivity contribution < 1.29 is 9.53 Å². The Hall–Kier alpha value is -2.50. The number of aromatic nitrogens is 2. The quantitative estimate of drug-likeness (QED) is 0.852. The maximum Gasteiger partial charge on any atom is 0.256 e. The third-order valence-corrected chi connectivity index (χ3v) is 3.14. The Morgan fingerprint density at radius 1 is 1.50 bits per heavy atom. The number of hydrogen-bond acceptors (Lipinski definition) is 4. The third kappa shape index (κ3) is 2.74. The van der Waals surface area contributed by atoms with E-state index in [9.17, 15) is 4.79 Å². The molecule has 0 saturated carbocycles. The topological polar surface area (TPSA) is 73.4 Å². The highest BCUT2D eigenvalue weighted by atomic mass is 16.5. The molecule has 106 valence electrons. The van der Waals surface area contributed by atoms with Crippen molar-refractivity contribution >= 4 is 11.6 Å². The van der Waals surface area contributed by atoms with Gasteiger partial charge in [-0.1, -0.05) is 0 Å². The van der Waals surface area contributed by atoms with Crippen LogP contribution >= 0.6 is 0 Å². The molecule has 0 fully saturated rings. The van der Waals surface area contributed by atoms with E-state index in [1.54, 1.807) is 43.5 Å². The van der Waals surface area contributed by atoms with Crippen molar-refractivity contribution in [2.75, 3.05) is 19.9 Å². The van der Waals surface area contributed by atoms with Crippen LogP contribution in [0.15, 0.2) is 30.6 Å². The van der Waals surface area contributed by atoms with Gasteiger partial charge in [0.1, 0.15) is 11.6 Å². The number of nitrogens with two attached hydrogens (primary N) is 1. The van der Waals surface area contributed by atoms with Crippen LogP contribution in [0.2, 0.25) is 0 Å². The van der Waals surface area contributed by atoms with Gasteiger partial charge in [0, 0.05) is 38.2 Å². The lowest BCUT2D eigenvalue weighted by Gasteiger charge is -2.18. The van der Waals surface area contributed by atoms with Gasteiger partial charge in [-0.2, -0.15) is 0 Å². The fourth-order valence-electron chi connectivity index (χ4n) is 1.90. The number of hydrogen-bond donors (Lipinski definition) is 1. The highest BCUT2D eigenvalue weighted by molar-refractivity contribution is 5.99. The Kier molecular flexibility index (Phi) is 3.93. The second-order valence-electron chi connectivity index (χ2n) is 4.57. The zero-order valence-electron chi connectivity index (χ0n) is 11.8. The minimum Gasteiger partial charge on any atom is -0.497 e. The summed E-state index contributed by atoms with van der Waals surface area (Å²) in [5.74, 6) is 1.30. The van der Waals surface area contributed by atoms with Crippen molar-refractivity contribution in [3.63, 3.8) is 0 Å². The van der Waals surface area contributed by atoms with Crippen molar-refractivity contribution in [2.45, 2.75) is 6.54 Å². The first-order valence-corrected chi connectivity index (χ1v) is 6.18. The zero-order valence-corrected chi connectivity index (χ0v) is 11.8. The number of nitrogens with zero attached hydrogens (tertiary/aromatic N) is 3. The van der Waals surface area contributed by atoms with E-state index >= 15 is 0 Å². The molecule has 0 aliphatic carbocycles. The predicted octanol–water partition coefficient (Wildman–Crippen LogP) is 1.28. The van der Waals surface area contributed by atoms with Crippen LogP contribution in [0, 0.1) is 0 Å². The molecular weight excluding hydrogens is 256 g/mol. The molecule has 0 aliphatic heterocycles. The van der Waals surface area contributed by atoms with Gasteiger partial charge in [-0.3, -0.25) is 4.79 Å². The number of rotatable bonds is 4. The molecule has 2 rings (SSSR count). The Morgan fingerprint density at radius 3 is 2.80 bits per heavy atom. The van der Waals surface area contributed by atoms with Crippen LogP contribution in [-0.4, -0.2) is 34.5 Å². The number of ether oxygens (including phenoxy) is 1. The van der Waals surface area contributed by atoms with Gasteiger partial charge in [0.2, 0.25) is 0 Å². The van der Waals surface area contributed by atoms with Gasteiger partial charge in [-0.15, -0.1) is 0 Å². The van der Waals surface area contributed by atoms with Crippen molar-refractivity contribution in [1.82, 2.24) is 14.5 Å². The van der Waals surface area contributed by atoms with Crippen LogP contribution in [0.25, 0.3) is 0 Å². The minimum atomic E-state index is -0.145. The van der Waals surface area contributed by atoms with Crippen molar-refractivity contribution in [2.24, 2.45) is 7.05 Å². The van der Waals surface area contributed by atoms with Gasteiger partial charge >= 0.3 is 0 Å². The second-order valence-corrected chi connectivity index (χ2v) is 4.57. The molecule has 1 aromatic heterocycles. The van der Waals surface area contributed by atoms with Gasteiger partial charge in [0.05, 0.1) is 19.2 Å². The first-order valence-electron chi connectivity index (χ1n) is 6.18. The van der Waals surface area contributed by atoms with Gasteiger partial charge in [-0.05, 0) is 12.1 Å². The van der Waals surface area contributed by atoms with E-state index in [2.05, 4.69) is 4.98 Å². The van der Waals surface area contributed by atoms with Gasteiger partial charge in [0.25, 0.3) is 5.91 Å². The molecular formula is C14H18N4O2. The van der Waals surface area contributed by atoms with E-state index in [1.165, 1.54) is 0 Å². The second kappa shape index (κ2) is 5.64. The van der Waals surface area contributed by atoms with Crippen LogP contribution in [0.3, 0.4) is 0 Å². The molecule has 6 heteroatoms. The molecule has 0 saturated heterocycles. The highest BCUT2D eigenvalue weighted by Crippen LogP contribution is 2.21. The molecule has 1 amide bonds. The van der Waals surface area contributed by atoms with Crippen LogP contribution in [-0.2, 0) is 13.6 Å². The van der Waals surface area contributed by atoms with Gasteiger partial charge in [0.15, 0.2) is 0 Å². The number of amides is 1. The summed E-state index contributed by atoms with van der Waals surface area (Å²) in [7, 11) is 5.17. The molecule has 0 atom stereocenters. The summed E-state index contributed by atoms with van der Waals surface area (Å²) in [6, 6.07) is 5.03. The third-order valence-electron chi connectivity index (χ3n) is 3.14. The van der Waals surface area contributed by atoms with E-state index in [4.69, 9.17) is 10.5 Å². The first kappa shape index (κ1) is 13.9. The summed E-state index contributed by atoms with van der Waals surface area (Å²) in [6.07, 6.45) is 3.55. The van der Waals surface area contributed by atoms with Crippen LogP contribution in [0.5, 0.6) is 5.75 Å². The molecule has 0 aliphatic rings. The number of imidazole rings is 1. The fraction of sp³-hybridized carbons (Fsp3) is 0.286. The maximum absolute atomic E-state index is 12.4. The summed E-state index contributed by atoms with van der Waals surface area (Å²) >= 11 is 0. The summed E-state index contributed by atoms with van der Waals surface area (Å²) in [6.45, 7) is 0.424. The summed E-state index contributed by atoms with van der Waals surface area (Å²) in [4.78, 5) is 18.2. The van der Waals surface area contributed by atoms with E-state index in [0.717, 1.165) is 5.82 Å². The van der Waals surface area contributed by atoms with Crippen molar-refractivity contribution in [3.05, 3.63) is 42.0 Å². The number of carbonyl (C=O) groups excluding carboxylic acids is 1. The Bertz CT molecular complexity index is 621. The Labute approximate surface area is 117 Å². The van der Waals surface area contributed by atoms with E-state index in [-0.39, 0.29) is 5.91 Å². The number of benzene rings is 1. The van der Waals surface area contributed by atoms with Crippen LogP contribution in [0.1, 0.15) is 16.2 Å². The van der Waals surface area contributed by atoms with Crippen molar-refractivity contribution in [3.8, 4) is 5.75 Å². The maximum atomic E-state index is 12.4. The van der Waals surface area contributed by atoms with E-state index < -0.39 is 0 Å². The molecule has 1 heterocycles. The lowest BCUT2D eigenvalue weighted by molar-refractivity contribution is 0.0781. The lowest BCUT2D eigenvalue weighted by atomic mass is 10.1. The van der Waals surface area contributed by atoms with E-state index in [1.807, 2.05) is 17.8 Å². The molecule has 0 unspecified atom stereocenters. The lowest BCUT2D eigenvalue weighted by Crippen LogP contribution is -2.28. The standard InChI is InChI=1S/C14H18N4O2/c1-17-7-6-16-13(17)9-18(2)14(19)11-5-4-10(20-3)8-12(11)15/h4-8H,9,15H2,1-3H3. The number of anilines is 1. The molecule has 6 nitrogen and oxygen atoms in total. The molecule has 1 aromatic carbocycles. The first-order chi connectivity index (χ1) is 9.52. The largest absolute Gasteiger partial charge is 0.497 e. The average molecular weight is 274 g/mol. The number of carbonyl (C=O) groups is 1. The monoisotopic (exact) mass is 274 g/mol. The fourth-order valence-corrected chi connectivity index (χ4v) is 1.90. The number of aryl methyl sites for hydroxylation is 1. The predicted molar refractivity (Wildman–Crippen MR) is 76.4 cm³/mol. The molecule has 0 bridgehead atoms. The normalized spacial score (nSPS) is 10.3. The Balaban J connectivity index is 2.16. The van der Waals surface area contributed by atoms with Crippen molar-refractivity contribution in [1.29, 1.82) is 0 Å². The van der Waals surface area contributed by atoms with E-state index in [0.29, 0.717) is 23.5 Å². The minimum absolute atomic E-state index is 0.145. The summed E-state index contributed by atoms with van der Waals surface area (Å²) in [5, 5.41) is 0. The molecule has 20 heavy (non-hydrogen) atoms. The number of methoxy groups -OCH3 is 1. The van der Waals surface area contributed by atoms with Crippen LogP contribution < -0.4 is 10.5 Å². The summed E-state index contributed by atoms with van der Waals surface area (Å²) < 4.78 is 6.95.